The van der Waals surface area contributed by atoms with Gasteiger partial charge in [-0.1, -0.05) is 36.4 Å². The van der Waals surface area contributed by atoms with Crippen molar-refractivity contribution < 1.29 is 19.9 Å². The summed E-state index contributed by atoms with van der Waals surface area (Å²) in [6, 6.07) is 14.1. The SMILES string of the molecule is OCc1ccc(COc2ccc(B(O)O)cc2)cc1. The molecular weight excluding hydrogens is 243 g/mol. The summed E-state index contributed by atoms with van der Waals surface area (Å²) < 4.78 is 5.57. The third-order valence-corrected chi connectivity index (χ3v) is 2.79. The highest BCUT2D eigenvalue weighted by atomic mass is 16.5. The number of rotatable bonds is 5. The van der Waals surface area contributed by atoms with Crippen molar-refractivity contribution in [3.63, 3.8) is 0 Å². The summed E-state index contributed by atoms with van der Waals surface area (Å²) in [5.41, 5.74) is 2.30. The van der Waals surface area contributed by atoms with E-state index in [2.05, 4.69) is 0 Å². The van der Waals surface area contributed by atoms with Crippen LogP contribution in [0.1, 0.15) is 11.1 Å². The van der Waals surface area contributed by atoms with E-state index in [0.29, 0.717) is 17.8 Å². The Bertz CT molecular complexity index is 508. The zero-order valence-corrected chi connectivity index (χ0v) is 10.4. The molecule has 0 aromatic heterocycles. The summed E-state index contributed by atoms with van der Waals surface area (Å²) in [7, 11) is -1.46. The largest absolute Gasteiger partial charge is 0.489 e. The number of hydrogen-bond acceptors (Lipinski definition) is 4. The van der Waals surface area contributed by atoms with Crippen LogP contribution in [0, 0.1) is 0 Å². The Hall–Kier alpha value is -1.82. The van der Waals surface area contributed by atoms with Crippen molar-refractivity contribution in [2.24, 2.45) is 0 Å². The second-order valence-corrected chi connectivity index (χ2v) is 4.21. The first kappa shape index (κ1) is 13.6. The summed E-state index contributed by atoms with van der Waals surface area (Å²) in [6.45, 7) is 0.457. The molecule has 2 rings (SSSR count). The van der Waals surface area contributed by atoms with Crippen molar-refractivity contribution in [3.05, 3.63) is 59.7 Å². The second-order valence-electron chi connectivity index (χ2n) is 4.21. The van der Waals surface area contributed by atoms with Gasteiger partial charge in [0.2, 0.25) is 0 Å². The quantitative estimate of drug-likeness (QED) is 0.680. The molecule has 4 nitrogen and oxygen atoms in total. The maximum absolute atomic E-state index is 8.97. The maximum atomic E-state index is 8.97. The average molecular weight is 258 g/mol. The smallest absolute Gasteiger partial charge is 0.488 e. The van der Waals surface area contributed by atoms with Crippen LogP contribution in [0.15, 0.2) is 48.5 Å². The maximum Gasteiger partial charge on any atom is 0.488 e. The highest BCUT2D eigenvalue weighted by Crippen LogP contribution is 2.12. The zero-order valence-electron chi connectivity index (χ0n) is 10.4. The van der Waals surface area contributed by atoms with Crippen LogP contribution < -0.4 is 10.2 Å². The van der Waals surface area contributed by atoms with Crippen LogP contribution in [0.5, 0.6) is 5.75 Å². The molecule has 0 radical (unpaired) electrons. The van der Waals surface area contributed by atoms with Crippen LogP contribution in [0.2, 0.25) is 0 Å². The fraction of sp³-hybridized carbons (Fsp3) is 0.143. The summed E-state index contributed by atoms with van der Waals surface area (Å²) in [4.78, 5) is 0. The van der Waals surface area contributed by atoms with Gasteiger partial charge in [-0.3, -0.25) is 0 Å². The molecule has 98 valence electrons. The van der Waals surface area contributed by atoms with Gasteiger partial charge in [0.05, 0.1) is 6.61 Å². The Morgan fingerprint density at radius 1 is 0.842 bits per heavy atom. The number of aliphatic hydroxyl groups is 1. The zero-order chi connectivity index (χ0) is 13.7. The fourth-order valence-electron chi connectivity index (χ4n) is 1.64. The van der Waals surface area contributed by atoms with Gasteiger partial charge in [-0.2, -0.15) is 0 Å². The van der Waals surface area contributed by atoms with Gasteiger partial charge in [-0.15, -0.1) is 0 Å². The Labute approximate surface area is 112 Å². The number of benzene rings is 2. The Morgan fingerprint density at radius 2 is 1.42 bits per heavy atom. The van der Waals surface area contributed by atoms with Crippen molar-refractivity contribution in [3.8, 4) is 5.75 Å². The molecule has 0 saturated carbocycles. The third-order valence-electron chi connectivity index (χ3n) is 2.79. The van der Waals surface area contributed by atoms with Gasteiger partial charge in [0.25, 0.3) is 0 Å². The number of ether oxygens (including phenoxy) is 1. The Kier molecular flexibility index (Phi) is 4.57. The van der Waals surface area contributed by atoms with E-state index in [4.69, 9.17) is 19.9 Å². The lowest BCUT2D eigenvalue weighted by molar-refractivity contribution is 0.281. The molecule has 0 bridgehead atoms. The summed E-state index contributed by atoms with van der Waals surface area (Å²) in [6.07, 6.45) is 0. The lowest BCUT2D eigenvalue weighted by Gasteiger charge is -2.07. The minimum absolute atomic E-state index is 0.0338. The van der Waals surface area contributed by atoms with E-state index in [1.165, 1.54) is 0 Å². The predicted octanol–water partition coefficient (Wildman–Crippen LogP) is 0.438. The van der Waals surface area contributed by atoms with E-state index in [0.717, 1.165) is 11.1 Å². The van der Waals surface area contributed by atoms with Crippen molar-refractivity contribution in [1.29, 1.82) is 0 Å². The van der Waals surface area contributed by atoms with Crippen LogP contribution in [0.3, 0.4) is 0 Å². The number of hydrogen-bond donors (Lipinski definition) is 3. The molecule has 0 heterocycles. The van der Waals surface area contributed by atoms with E-state index in [1.807, 2.05) is 24.3 Å². The molecule has 0 fully saturated rings. The van der Waals surface area contributed by atoms with Gasteiger partial charge >= 0.3 is 7.12 Å². The monoisotopic (exact) mass is 258 g/mol. The molecule has 2 aromatic rings. The molecule has 0 atom stereocenters. The second kappa shape index (κ2) is 6.38. The molecule has 0 saturated heterocycles. The normalized spacial score (nSPS) is 10.3. The number of aliphatic hydroxyl groups excluding tert-OH is 1. The van der Waals surface area contributed by atoms with Gasteiger partial charge in [-0.05, 0) is 28.7 Å². The summed E-state index contributed by atoms with van der Waals surface area (Å²) in [5.74, 6) is 0.663. The fourth-order valence-corrected chi connectivity index (χ4v) is 1.64. The molecule has 0 aliphatic rings. The van der Waals surface area contributed by atoms with Gasteiger partial charge < -0.3 is 19.9 Å². The predicted molar refractivity (Wildman–Crippen MR) is 73.0 cm³/mol. The van der Waals surface area contributed by atoms with E-state index < -0.39 is 7.12 Å². The molecule has 2 aromatic carbocycles. The van der Waals surface area contributed by atoms with Crippen LogP contribution in [0.25, 0.3) is 0 Å². The van der Waals surface area contributed by atoms with Gasteiger partial charge in [-0.25, -0.2) is 0 Å². The van der Waals surface area contributed by atoms with Crippen LogP contribution in [0.4, 0.5) is 0 Å². The van der Waals surface area contributed by atoms with Gasteiger partial charge in [0.15, 0.2) is 0 Å². The first-order valence-corrected chi connectivity index (χ1v) is 5.96. The van der Waals surface area contributed by atoms with E-state index in [9.17, 15) is 0 Å². The van der Waals surface area contributed by atoms with Gasteiger partial charge in [0.1, 0.15) is 12.4 Å². The summed E-state index contributed by atoms with van der Waals surface area (Å²) >= 11 is 0. The van der Waals surface area contributed by atoms with E-state index in [1.54, 1.807) is 24.3 Å². The van der Waals surface area contributed by atoms with E-state index >= 15 is 0 Å². The van der Waals surface area contributed by atoms with Crippen LogP contribution >= 0.6 is 0 Å². The minimum atomic E-state index is -1.46. The molecule has 5 heteroatoms. The molecule has 19 heavy (non-hydrogen) atoms. The standard InChI is InChI=1S/C14H15BO4/c16-9-11-1-3-12(4-2-11)10-19-14-7-5-13(6-8-14)15(17)18/h1-8,16-18H,9-10H2. The molecule has 0 spiro atoms. The van der Waals surface area contributed by atoms with Crippen molar-refractivity contribution >= 4 is 12.6 Å². The first-order chi connectivity index (χ1) is 9.19. The van der Waals surface area contributed by atoms with Crippen LogP contribution in [-0.2, 0) is 13.2 Å². The minimum Gasteiger partial charge on any atom is -0.489 e. The molecule has 3 N–H and O–H groups in total. The van der Waals surface area contributed by atoms with Gasteiger partial charge in [0, 0.05) is 0 Å². The Balaban J connectivity index is 1.94. The topological polar surface area (TPSA) is 69.9 Å². The lowest BCUT2D eigenvalue weighted by atomic mass is 9.80. The molecule has 0 aliphatic carbocycles. The average Bonchev–Trinajstić information content (AvgIpc) is 2.46. The highest BCUT2D eigenvalue weighted by Gasteiger charge is 2.09. The molecule has 0 aliphatic heterocycles. The van der Waals surface area contributed by atoms with Crippen LogP contribution in [-0.4, -0.2) is 22.3 Å². The van der Waals surface area contributed by atoms with E-state index in [-0.39, 0.29) is 6.61 Å². The molecular formula is C14H15BO4. The third kappa shape index (κ3) is 3.82. The molecule has 0 unspecified atom stereocenters. The highest BCUT2D eigenvalue weighted by molar-refractivity contribution is 6.58. The van der Waals surface area contributed by atoms with Crippen molar-refractivity contribution in [2.45, 2.75) is 13.2 Å². The Morgan fingerprint density at radius 3 is 1.95 bits per heavy atom. The van der Waals surface area contributed by atoms with Crippen molar-refractivity contribution in [2.75, 3.05) is 0 Å². The first-order valence-electron chi connectivity index (χ1n) is 5.96. The molecule has 0 amide bonds. The van der Waals surface area contributed by atoms with Crippen molar-refractivity contribution in [1.82, 2.24) is 0 Å². The lowest BCUT2D eigenvalue weighted by Crippen LogP contribution is -2.29. The summed E-state index contributed by atoms with van der Waals surface area (Å²) in [5, 5.41) is 26.9.